The summed E-state index contributed by atoms with van der Waals surface area (Å²) in [5.74, 6) is -6.89. The molecule has 200 valence electrons. The van der Waals surface area contributed by atoms with Crippen LogP contribution in [0, 0.1) is 34.9 Å². The fourth-order valence-corrected chi connectivity index (χ4v) is 5.57. The van der Waals surface area contributed by atoms with Gasteiger partial charge in [0.15, 0.2) is 34.9 Å². The third kappa shape index (κ3) is 5.00. The smallest absolute Gasteiger partial charge is 0.167 e. The highest BCUT2D eigenvalue weighted by Crippen LogP contribution is 2.44. The number of halogens is 6. The number of aryl methyl sites for hydroxylation is 1. The fourth-order valence-electron chi connectivity index (χ4n) is 5.57. The molecule has 7 heteroatoms. The third-order valence-electron chi connectivity index (χ3n) is 7.81. The lowest BCUT2D eigenvalue weighted by Crippen LogP contribution is -2.15. The van der Waals surface area contributed by atoms with Gasteiger partial charge in [-0.3, -0.25) is 0 Å². The Hall–Kier alpha value is -3.06. The van der Waals surface area contributed by atoms with Crippen LogP contribution in [-0.2, 0) is 11.2 Å². The largest absolute Gasteiger partial charge is 0.368 e. The Bertz CT molecular complexity index is 1370. The van der Waals surface area contributed by atoms with Gasteiger partial charge in [0.25, 0.3) is 0 Å². The summed E-state index contributed by atoms with van der Waals surface area (Å²) >= 11 is 0. The molecule has 0 bridgehead atoms. The van der Waals surface area contributed by atoms with Crippen LogP contribution in [0.2, 0.25) is 0 Å². The van der Waals surface area contributed by atoms with Gasteiger partial charge in [-0.15, -0.1) is 0 Å². The molecule has 1 aliphatic heterocycles. The van der Waals surface area contributed by atoms with Gasteiger partial charge >= 0.3 is 0 Å². The van der Waals surface area contributed by atoms with Gasteiger partial charge in [0.05, 0.1) is 6.61 Å². The molecule has 1 heterocycles. The van der Waals surface area contributed by atoms with Crippen molar-refractivity contribution >= 4 is 0 Å². The summed E-state index contributed by atoms with van der Waals surface area (Å²) in [7, 11) is 0. The lowest BCUT2D eigenvalue weighted by atomic mass is 9.75. The minimum absolute atomic E-state index is 0.0557. The van der Waals surface area contributed by atoms with E-state index in [-0.39, 0.29) is 34.1 Å². The summed E-state index contributed by atoms with van der Waals surface area (Å²) in [6.45, 7) is 2.16. The molecule has 0 radical (unpaired) electrons. The molecule has 38 heavy (non-hydrogen) atoms. The van der Waals surface area contributed by atoms with Gasteiger partial charge < -0.3 is 4.74 Å². The lowest BCUT2D eigenvalue weighted by molar-refractivity contribution is 0.369. The van der Waals surface area contributed by atoms with Crippen LogP contribution in [0.25, 0.3) is 11.1 Å². The molecule has 3 aromatic carbocycles. The molecule has 2 fully saturated rings. The zero-order valence-corrected chi connectivity index (χ0v) is 21.0. The number of epoxide rings is 1. The average molecular weight is 531 g/mol. The van der Waals surface area contributed by atoms with Crippen molar-refractivity contribution in [2.24, 2.45) is 0 Å². The molecule has 1 saturated heterocycles. The van der Waals surface area contributed by atoms with Gasteiger partial charge in [-0.2, -0.15) is 0 Å². The van der Waals surface area contributed by atoms with Crippen molar-refractivity contribution in [3.05, 3.63) is 106 Å². The summed E-state index contributed by atoms with van der Waals surface area (Å²) in [5, 5.41) is 0. The van der Waals surface area contributed by atoms with E-state index >= 15 is 8.78 Å². The third-order valence-corrected chi connectivity index (χ3v) is 7.81. The summed E-state index contributed by atoms with van der Waals surface area (Å²) < 4.78 is 93.9. The van der Waals surface area contributed by atoms with E-state index in [4.69, 9.17) is 4.74 Å². The summed E-state index contributed by atoms with van der Waals surface area (Å²) in [6.07, 6.45) is 6.20. The van der Waals surface area contributed by atoms with Crippen molar-refractivity contribution in [1.29, 1.82) is 0 Å². The minimum atomic E-state index is -1.24. The van der Waals surface area contributed by atoms with Crippen LogP contribution in [-0.4, -0.2) is 6.61 Å². The van der Waals surface area contributed by atoms with Gasteiger partial charge in [0.1, 0.15) is 6.10 Å². The number of hydrogen-bond acceptors (Lipinski definition) is 1. The molecule has 0 spiro atoms. The lowest BCUT2D eigenvalue weighted by Gasteiger charge is -2.30. The monoisotopic (exact) mass is 530 g/mol. The topological polar surface area (TPSA) is 12.5 Å². The summed E-state index contributed by atoms with van der Waals surface area (Å²) in [5.41, 5.74) is 0.148. The Balaban J connectivity index is 1.31. The van der Waals surface area contributed by atoms with E-state index in [1.807, 2.05) is 19.1 Å². The van der Waals surface area contributed by atoms with Crippen LogP contribution in [0.5, 0.6) is 0 Å². The van der Waals surface area contributed by atoms with Gasteiger partial charge in [-0.25, -0.2) is 26.3 Å². The number of benzene rings is 3. The van der Waals surface area contributed by atoms with E-state index in [0.717, 1.165) is 0 Å². The van der Waals surface area contributed by atoms with Crippen molar-refractivity contribution in [3.8, 4) is 11.1 Å². The Morgan fingerprint density at radius 2 is 1.13 bits per heavy atom. The molecule has 1 unspecified atom stereocenters. The maximum atomic E-state index is 15.2. The van der Waals surface area contributed by atoms with Crippen molar-refractivity contribution in [2.75, 3.05) is 6.61 Å². The second-order valence-electron chi connectivity index (χ2n) is 10.1. The minimum Gasteiger partial charge on any atom is -0.368 e. The van der Waals surface area contributed by atoms with Crippen molar-refractivity contribution in [2.45, 2.75) is 63.4 Å². The average Bonchev–Trinajstić information content (AvgIpc) is 3.76. The Morgan fingerprint density at radius 1 is 0.658 bits per heavy atom. The van der Waals surface area contributed by atoms with Crippen LogP contribution in [0.15, 0.2) is 48.6 Å². The molecule has 2 aliphatic rings. The summed E-state index contributed by atoms with van der Waals surface area (Å²) in [4.78, 5) is 0. The predicted molar refractivity (Wildman–Crippen MR) is 134 cm³/mol. The normalized spacial score (nSPS) is 21.3. The first kappa shape index (κ1) is 26.5. The highest BCUT2D eigenvalue weighted by atomic mass is 19.2. The zero-order valence-electron chi connectivity index (χ0n) is 21.0. The van der Waals surface area contributed by atoms with E-state index in [1.54, 1.807) is 12.1 Å². The van der Waals surface area contributed by atoms with Crippen LogP contribution < -0.4 is 0 Å². The molecule has 3 aromatic rings. The predicted octanol–water partition coefficient (Wildman–Crippen LogP) is 9.21. The highest BCUT2D eigenvalue weighted by molar-refractivity contribution is 5.66. The molecule has 0 N–H and O–H groups in total. The van der Waals surface area contributed by atoms with Gasteiger partial charge in [0, 0.05) is 16.7 Å². The fraction of sp³-hybridized carbons (Fsp3) is 0.355. The van der Waals surface area contributed by atoms with Gasteiger partial charge in [-0.05, 0) is 74.0 Å². The van der Waals surface area contributed by atoms with Crippen LogP contribution in [0.1, 0.15) is 79.2 Å². The van der Waals surface area contributed by atoms with Crippen molar-refractivity contribution in [1.82, 2.24) is 0 Å². The standard InChI is InChI=1S/C31H28F6O/c1-2-3-4-5-19-10-11-20(27(33)26(19)32)17-6-8-18(9-7-17)21-12-13-22(29(35)28(21)34)23-14-15-24(25-16-38-25)31(37)30(23)36/h2-3,10-15,17-18,25H,4-9,16H2,1H3/b3-2+. The molecule has 1 saturated carbocycles. The molecule has 1 atom stereocenters. The number of rotatable bonds is 7. The van der Waals surface area contributed by atoms with Crippen LogP contribution in [0.4, 0.5) is 26.3 Å². The summed E-state index contributed by atoms with van der Waals surface area (Å²) in [6, 6.07) is 8.51. The van der Waals surface area contributed by atoms with Crippen LogP contribution in [0.3, 0.4) is 0 Å². The van der Waals surface area contributed by atoms with E-state index in [9.17, 15) is 17.6 Å². The number of allylic oxidation sites excluding steroid dienone is 2. The molecule has 0 amide bonds. The Labute approximate surface area is 218 Å². The molecule has 1 aliphatic carbocycles. The number of ether oxygens (including phenoxy) is 1. The van der Waals surface area contributed by atoms with E-state index in [2.05, 4.69) is 0 Å². The Kier molecular flexibility index (Phi) is 7.66. The molecule has 0 aromatic heterocycles. The van der Waals surface area contributed by atoms with E-state index < -0.39 is 41.0 Å². The van der Waals surface area contributed by atoms with Gasteiger partial charge in [-0.1, -0.05) is 48.6 Å². The highest BCUT2D eigenvalue weighted by Gasteiger charge is 2.32. The number of hydrogen-bond donors (Lipinski definition) is 0. The molecular formula is C31H28F6O. The van der Waals surface area contributed by atoms with E-state index in [1.165, 1.54) is 24.3 Å². The first-order valence-corrected chi connectivity index (χ1v) is 13.0. The van der Waals surface area contributed by atoms with Crippen molar-refractivity contribution in [3.63, 3.8) is 0 Å². The van der Waals surface area contributed by atoms with E-state index in [0.29, 0.717) is 56.3 Å². The maximum Gasteiger partial charge on any atom is 0.167 e. The van der Waals surface area contributed by atoms with Gasteiger partial charge in [0.2, 0.25) is 0 Å². The SMILES string of the molecule is C/C=C/CCc1ccc(C2CCC(c3ccc(-c4ccc(C5CO5)c(F)c4F)c(F)c3F)CC2)c(F)c1F. The second-order valence-corrected chi connectivity index (χ2v) is 10.1. The first-order valence-electron chi connectivity index (χ1n) is 13.0. The molecule has 1 nitrogen and oxygen atoms in total. The zero-order chi connectivity index (χ0) is 27.0. The second kappa shape index (κ2) is 11.0. The Morgan fingerprint density at radius 3 is 1.66 bits per heavy atom. The van der Waals surface area contributed by atoms with Crippen molar-refractivity contribution < 1.29 is 31.1 Å². The maximum absolute atomic E-state index is 15.2. The molecule has 5 rings (SSSR count). The van der Waals surface area contributed by atoms with Crippen LogP contribution >= 0.6 is 0 Å². The first-order chi connectivity index (χ1) is 18.3. The quantitative estimate of drug-likeness (QED) is 0.169. The molecular weight excluding hydrogens is 502 g/mol.